The van der Waals surface area contributed by atoms with E-state index in [1.165, 1.54) is 0 Å². The van der Waals surface area contributed by atoms with E-state index in [2.05, 4.69) is 40.2 Å². The lowest BCUT2D eigenvalue weighted by Gasteiger charge is -1.12. The van der Waals surface area contributed by atoms with Gasteiger partial charge in [0.15, 0.2) is 0 Å². The number of hydrogen-bond donors (Lipinski definition) is 0. The van der Waals surface area contributed by atoms with Crippen LogP contribution in [0.25, 0.3) is 0 Å². The van der Waals surface area contributed by atoms with Gasteiger partial charge >= 0.3 is 0 Å². The quantitative estimate of drug-likeness (QED) is 0.472. The van der Waals surface area contributed by atoms with Crippen LogP contribution in [0.2, 0.25) is 0 Å². The molecule has 0 aromatic heterocycles. The third-order valence-corrected chi connectivity index (χ3v) is 0. The summed E-state index contributed by atoms with van der Waals surface area (Å²) < 4.78 is 0. The molecule has 0 rings (SSSR count). The van der Waals surface area contributed by atoms with Crippen LogP contribution in [-0.2, 0) is 22.4 Å². The smallest absolute Gasteiger partial charge is 0 e. The van der Waals surface area contributed by atoms with E-state index in [4.69, 9.17) is 0 Å². The Balaban J connectivity index is -0.0000000133. The van der Waals surface area contributed by atoms with Gasteiger partial charge in [0.2, 0.25) is 0 Å². The standard InChI is InChI=1S/CH4.H4P2.S2/c;2*1-2/h1H4;1-2H2;. The lowest BCUT2D eigenvalue weighted by Crippen LogP contribution is -0.710. The molecule has 5 heavy (non-hydrogen) atoms. The van der Waals surface area contributed by atoms with Crippen molar-refractivity contribution in [2.24, 2.45) is 0 Å². The fraction of sp³-hybridized carbons (Fsp3) is 1.00. The van der Waals surface area contributed by atoms with Gasteiger partial charge in [0, 0.05) is 22.4 Å². The lowest BCUT2D eigenvalue weighted by molar-refractivity contribution is 2.50. The molecule has 34 valence electrons. The monoisotopic (exact) mass is 146 g/mol. The van der Waals surface area contributed by atoms with E-state index in [1.54, 1.807) is 0 Å². The van der Waals surface area contributed by atoms with Gasteiger partial charge in [-0.05, 0) is 0 Å². The molecule has 0 spiro atoms. The van der Waals surface area contributed by atoms with Crippen LogP contribution in [0.1, 0.15) is 7.43 Å². The van der Waals surface area contributed by atoms with E-state index in [9.17, 15) is 0 Å². The minimum Gasteiger partial charge on any atom is -0.118 e. The fourth-order valence-electron chi connectivity index (χ4n) is 0. The van der Waals surface area contributed by atoms with E-state index >= 15 is 0 Å². The van der Waals surface area contributed by atoms with Crippen LogP contribution in [0.3, 0.4) is 0 Å². The Bertz CT molecular complexity index is 7.61. The van der Waals surface area contributed by atoms with Crippen molar-refractivity contribution >= 4 is 40.2 Å². The highest BCUT2D eigenvalue weighted by Crippen LogP contribution is 1.86. The summed E-state index contributed by atoms with van der Waals surface area (Å²) in [5.41, 5.74) is 0. The average Bonchev–Trinajstić information content (AvgIpc) is 1.50. The summed E-state index contributed by atoms with van der Waals surface area (Å²) in [7, 11) is 4.67. The molecule has 0 aromatic carbocycles. The molecule has 0 aliphatic carbocycles. The molecule has 0 bridgehead atoms. The van der Waals surface area contributed by atoms with Gasteiger partial charge in [0.1, 0.15) is 0 Å². The van der Waals surface area contributed by atoms with Gasteiger partial charge in [-0.3, -0.25) is 0 Å². The van der Waals surface area contributed by atoms with Crippen molar-refractivity contribution in [3.8, 4) is 0 Å². The van der Waals surface area contributed by atoms with Gasteiger partial charge in [0.05, 0.1) is 0 Å². The first-order valence-corrected chi connectivity index (χ1v) is 4.50. The van der Waals surface area contributed by atoms with E-state index in [1.807, 2.05) is 0 Å². The Morgan fingerprint density at radius 3 is 1.00 bits per heavy atom. The van der Waals surface area contributed by atoms with Crippen molar-refractivity contribution in [2.45, 2.75) is 7.43 Å². The van der Waals surface area contributed by atoms with Gasteiger partial charge in [-0.25, -0.2) is 0 Å². The summed E-state index contributed by atoms with van der Waals surface area (Å²) in [4.78, 5) is 0. The molecular formula is CH8P2S2. The van der Waals surface area contributed by atoms with Gasteiger partial charge in [0.25, 0.3) is 0 Å². The van der Waals surface area contributed by atoms with Gasteiger partial charge in [-0.15, -0.1) is 17.9 Å². The maximum atomic E-state index is 3.67. The zero-order valence-corrected chi connectivity index (χ0v) is 5.91. The number of rotatable bonds is 0. The molecule has 0 amide bonds. The predicted molar refractivity (Wildman–Crippen MR) is 40.9 cm³/mol. The molecule has 0 saturated heterocycles. The molecule has 0 radical (unpaired) electrons. The lowest BCUT2D eigenvalue weighted by atomic mass is 12.0. The zero-order valence-electron chi connectivity index (χ0n) is 1.97. The second kappa shape index (κ2) is 58.0. The van der Waals surface area contributed by atoms with Crippen LogP contribution in [-0.4, -0.2) is 0 Å². The SMILES string of the molecule is C.PP.S=S. The summed E-state index contributed by atoms with van der Waals surface area (Å²) in [5.74, 6) is 0. The van der Waals surface area contributed by atoms with Crippen LogP contribution in [0.4, 0.5) is 0 Å². The molecule has 0 heterocycles. The predicted octanol–water partition coefficient (Wildman–Crippen LogP) is 1.28. The zero-order chi connectivity index (χ0) is 4.00. The van der Waals surface area contributed by atoms with E-state index < -0.39 is 0 Å². The first-order valence-electron chi connectivity index (χ1n) is 0.500. The third-order valence-electron chi connectivity index (χ3n) is 0. The highest BCUT2D eigenvalue weighted by atomic mass is 32.8. The average molecular weight is 146 g/mol. The van der Waals surface area contributed by atoms with E-state index in [-0.39, 0.29) is 7.43 Å². The molecule has 0 aliphatic rings. The summed E-state index contributed by atoms with van der Waals surface area (Å²) in [6, 6.07) is 0. The van der Waals surface area contributed by atoms with Gasteiger partial charge in [-0.1, -0.05) is 7.43 Å². The first-order chi connectivity index (χ1) is 2.00. The van der Waals surface area contributed by atoms with Crippen LogP contribution >= 0.6 is 17.9 Å². The van der Waals surface area contributed by atoms with Crippen molar-refractivity contribution in [3.63, 3.8) is 0 Å². The molecule has 0 N–H and O–H groups in total. The Morgan fingerprint density at radius 2 is 1.00 bits per heavy atom. The van der Waals surface area contributed by atoms with Crippen molar-refractivity contribution in [1.29, 1.82) is 0 Å². The van der Waals surface area contributed by atoms with Crippen molar-refractivity contribution < 1.29 is 0 Å². The van der Waals surface area contributed by atoms with Crippen LogP contribution in [0.15, 0.2) is 0 Å². The third kappa shape index (κ3) is 34.2. The highest BCUT2D eigenvalue weighted by molar-refractivity contribution is 8.07. The molecule has 0 aromatic rings. The Morgan fingerprint density at radius 1 is 1.00 bits per heavy atom. The van der Waals surface area contributed by atoms with E-state index in [0.29, 0.717) is 0 Å². The van der Waals surface area contributed by atoms with Crippen molar-refractivity contribution in [1.82, 2.24) is 0 Å². The largest absolute Gasteiger partial charge is 0.118 e. The Labute approximate surface area is 48.1 Å². The molecule has 0 nitrogen and oxygen atoms in total. The summed E-state index contributed by atoms with van der Waals surface area (Å²) in [5, 5.41) is 0. The molecule has 0 aliphatic heterocycles. The Hall–Kier alpha value is 1.30. The molecule has 2 atom stereocenters. The first kappa shape index (κ1) is 16.3. The number of hydrogen-bond acceptors (Lipinski definition) is 2. The summed E-state index contributed by atoms with van der Waals surface area (Å²) in [6.07, 6.45) is 0. The van der Waals surface area contributed by atoms with Crippen molar-refractivity contribution in [3.05, 3.63) is 0 Å². The molecule has 2 unspecified atom stereocenters. The minimum atomic E-state index is 0. The molecule has 0 saturated carbocycles. The second-order valence-electron chi connectivity index (χ2n) is 0. The molecule has 4 heteroatoms. The summed E-state index contributed by atoms with van der Waals surface area (Å²) in [6.45, 7) is 0. The summed E-state index contributed by atoms with van der Waals surface area (Å²) >= 11 is 7.33. The van der Waals surface area contributed by atoms with Crippen LogP contribution in [0, 0.1) is 0 Å². The van der Waals surface area contributed by atoms with Crippen LogP contribution in [0.5, 0.6) is 0 Å². The fourth-order valence-corrected chi connectivity index (χ4v) is 0. The maximum Gasteiger partial charge on any atom is 0 e. The van der Waals surface area contributed by atoms with Crippen molar-refractivity contribution in [2.75, 3.05) is 0 Å². The minimum absolute atomic E-state index is 0. The second-order valence-corrected chi connectivity index (χ2v) is 0. The highest BCUT2D eigenvalue weighted by Gasteiger charge is 0.882. The Kier molecular flexibility index (Phi) is 188. The maximum absolute atomic E-state index is 3.67. The molecular weight excluding hydrogens is 138 g/mol. The van der Waals surface area contributed by atoms with E-state index in [0.717, 1.165) is 0 Å². The van der Waals surface area contributed by atoms with Gasteiger partial charge < -0.3 is 0 Å². The molecule has 0 fully saturated rings. The van der Waals surface area contributed by atoms with Crippen LogP contribution < -0.4 is 0 Å². The topological polar surface area (TPSA) is 0 Å². The van der Waals surface area contributed by atoms with Gasteiger partial charge in [-0.2, -0.15) is 0 Å². The normalized spacial score (nSPS) is 2.00.